The van der Waals surface area contributed by atoms with E-state index in [4.69, 9.17) is 4.74 Å². The van der Waals surface area contributed by atoms with Crippen LogP contribution in [0.15, 0.2) is 35.1 Å². The summed E-state index contributed by atoms with van der Waals surface area (Å²) in [5.74, 6) is 0.483. The van der Waals surface area contributed by atoms with Gasteiger partial charge in [0, 0.05) is 17.6 Å². The predicted octanol–water partition coefficient (Wildman–Crippen LogP) is 2.64. The number of morpholine rings is 1. The number of anilines is 2. The third-order valence-electron chi connectivity index (χ3n) is 3.58. The van der Waals surface area contributed by atoms with Crippen LogP contribution in [0, 0.1) is 6.92 Å². The summed E-state index contributed by atoms with van der Waals surface area (Å²) in [6.45, 7) is 4.94. The molecule has 0 bridgehead atoms. The largest absolute Gasteiger partial charge is 0.378 e. The lowest BCUT2D eigenvalue weighted by atomic mass is 10.2. The lowest BCUT2D eigenvalue weighted by Crippen LogP contribution is -2.36. The molecule has 1 aliphatic heterocycles. The lowest BCUT2D eigenvalue weighted by Gasteiger charge is -2.27. The number of rotatable bonds is 3. The fourth-order valence-corrected chi connectivity index (χ4v) is 2.89. The van der Waals surface area contributed by atoms with Crippen molar-refractivity contribution in [3.8, 4) is 0 Å². The smallest absolute Gasteiger partial charge is 0.275 e. The first-order valence-electron chi connectivity index (χ1n) is 7.36. The van der Waals surface area contributed by atoms with E-state index in [2.05, 4.69) is 36.1 Å². The molecule has 7 heteroatoms. The molecule has 1 amide bonds. The third kappa shape index (κ3) is 3.86. The van der Waals surface area contributed by atoms with Crippen molar-refractivity contribution in [2.24, 2.45) is 0 Å². The molecule has 1 fully saturated rings. The lowest BCUT2D eigenvalue weighted by molar-refractivity contribution is 0.102. The van der Waals surface area contributed by atoms with Gasteiger partial charge in [-0.1, -0.05) is 6.07 Å². The van der Waals surface area contributed by atoms with Gasteiger partial charge in [-0.05, 0) is 40.5 Å². The molecule has 1 saturated heterocycles. The van der Waals surface area contributed by atoms with E-state index in [1.54, 1.807) is 6.20 Å². The van der Waals surface area contributed by atoms with Crippen molar-refractivity contribution in [2.45, 2.75) is 6.92 Å². The van der Waals surface area contributed by atoms with Crippen LogP contribution >= 0.6 is 15.9 Å². The Morgan fingerprint density at radius 2 is 2.04 bits per heavy atom. The maximum atomic E-state index is 12.3. The molecule has 120 valence electrons. The molecule has 6 nitrogen and oxygen atoms in total. The Kier molecular flexibility index (Phi) is 4.88. The number of halogens is 1. The fraction of sp³-hybridized carbons (Fsp3) is 0.312. The zero-order chi connectivity index (χ0) is 16.2. The number of benzene rings is 1. The molecule has 3 rings (SSSR count). The Hall–Kier alpha value is -1.99. The number of nitrogens with zero attached hydrogens (tertiary/aromatic N) is 3. The molecule has 2 aromatic rings. The minimum atomic E-state index is -0.282. The molecule has 0 aliphatic carbocycles. The van der Waals surface area contributed by atoms with Gasteiger partial charge in [0.05, 0.1) is 31.3 Å². The maximum Gasteiger partial charge on any atom is 0.275 e. The summed E-state index contributed by atoms with van der Waals surface area (Å²) in [6.07, 6.45) is 3.13. The van der Waals surface area contributed by atoms with Crippen molar-refractivity contribution in [3.05, 3.63) is 46.3 Å². The van der Waals surface area contributed by atoms with Crippen LogP contribution in [0.5, 0.6) is 0 Å². The number of hydrogen-bond acceptors (Lipinski definition) is 5. The van der Waals surface area contributed by atoms with Gasteiger partial charge in [-0.25, -0.2) is 9.97 Å². The quantitative estimate of drug-likeness (QED) is 0.891. The highest BCUT2D eigenvalue weighted by Crippen LogP contribution is 2.23. The van der Waals surface area contributed by atoms with Crippen LogP contribution in [0.3, 0.4) is 0 Å². The zero-order valence-electron chi connectivity index (χ0n) is 12.8. The SMILES string of the molecule is Cc1ccc(NC(=O)c2cnc(N3CCOCC3)cn2)c(Br)c1. The minimum Gasteiger partial charge on any atom is -0.378 e. The van der Waals surface area contributed by atoms with Gasteiger partial charge in [-0.3, -0.25) is 4.79 Å². The molecule has 23 heavy (non-hydrogen) atoms. The van der Waals surface area contributed by atoms with E-state index in [9.17, 15) is 4.79 Å². The van der Waals surface area contributed by atoms with Crippen LogP contribution in [0.2, 0.25) is 0 Å². The highest BCUT2D eigenvalue weighted by atomic mass is 79.9. The summed E-state index contributed by atoms with van der Waals surface area (Å²) in [4.78, 5) is 22.9. The summed E-state index contributed by atoms with van der Waals surface area (Å²) in [6, 6.07) is 5.74. The molecule has 1 aromatic heterocycles. The van der Waals surface area contributed by atoms with E-state index >= 15 is 0 Å². The maximum absolute atomic E-state index is 12.3. The van der Waals surface area contributed by atoms with Gasteiger partial charge in [-0.2, -0.15) is 0 Å². The number of amides is 1. The molecular weight excluding hydrogens is 360 g/mol. The van der Waals surface area contributed by atoms with Crippen LogP contribution in [0.4, 0.5) is 11.5 Å². The predicted molar refractivity (Wildman–Crippen MR) is 91.9 cm³/mol. The van der Waals surface area contributed by atoms with Gasteiger partial charge in [0.15, 0.2) is 0 Å². The van der Waals surface area contributed by atoms with Gasteiger partial charge in [0.1, 0.15) is 11.5 Å². The van der Waals surface area contributed by atoms with Crippen molar-refractivity contribution in [1.82, 2.24) is 9.97 Å². The summed E-state index contributed by atoms with van der Waals surface area (Å²) < 4.78 is 6.15. The Morgan fingerprint density at radius 3 is 2.70 bits per heavy atom. The second-order valence-corrected chi connectivity index (χ2v) is 6.15. The molecule has 2 heterocycles. The van der Waals surface area contributed by atoms with Crippen LogP contribution in [0.1, 0.15) is 16.1 Å². The van der Waals surface area contributed by atoms with Gasteiger partial charge >= 0.3 is 0 Å². The highest BCUT2D eigenvalue weighted by Gasteiger charge is 2.15. The first-order chi connectivity index (χ1) is 11.1. The van der Waals surface area contributed by atoms with Gasteiger partial charge in [0.2, 0.25) is 0 Å². The standard InChI is InChI=1S/C16H17BrN4O2/c1-11-2-3-13(12(17)8-11)20-16(22)14-9-19-15(10-18-14)21-4-6-23-7-5-21/h2-3,8-10H,4-7H2,1H3,(H,20,22). The van der Waals surface area contributed by atoms with E-state index in [0.29, 0.717) is 18.9 Å². The highest BCUT2D eigenvalue weighted by molar-refractivity contribution is 9.10. The Labute approximate surface area is 143 Å². The molecular formula is C16H17BrN4O2. The molecule has 0 unspecified atom stereocenters. The molecule has 0 radical (unpaired) electrons. The van der Waals surface area contributed by atoms with E-state index in [0.717, 1.165) is 28.9 Å². The number of aromatic nitrogens is 2. The monoisotopic (exact) mass is 376 g/mol. The number of hydrogen-bond donors (Lipinski definition) is 1. The molecule has 0 saturated carbocycles. The van der Waals surface area contributed by atoms with Gasteiger partial charge in [-0.15, -0.1) is 0 Å². The van der Waals surface area contributed by atoms with E-state index in [1.807, 2.05) is 25.1 Å². The normalized spacial score (nSPS) is 14.6. The summed E-state index contributed by atoms with van der Waals surface area (Å²) in [5.41, 5.74) is 2.11. The Morgan fingerprint density at radius 1 is 1.26 bits per heavy atom. The van der Waals surface area contributed by atoms with Crippen LogP contribution in [-0.2, 0) is 4.74 Å². The number of carbonyl (C=O) groups is 1. The summed E-state index contributed by atoms with van der Waals surface area (Å²) in [5, 5.41) is 2.83. The molecule has 1 aromatic carbocycles. The van der Waals surface area contributed by atoms with Crippen molar-refractivity contribution in [3.63, 3.8) is 0 Å². The van der Waals surface area contributed by atoms with E-state index in [1.165, 1.54) is 6.20 Å². The van der Waals surface area contributed by atoms with Crippen molar-refractivity contribution >= 4 is 33.3 Å². The Bertz CT molecular complexity index is 700. The first kappa shape index (κ1) is 15.9. The van der Waals surface area contributed by atoms with E-state index in [-0.39, 0.29) is 11.6 Å². The third-order valence-corrected chi connectivity index (χ3v) is 4.23. The van der Waals surface area contributed by atoms with Crippen molar-refractivity contribution in [1.29, 1.82) is 0 Å². The average Bonchev–Trinajstić information content (AvgIpc) is 2.58. The van der Waals surface area contributed by atoms with E-state index < -0.39 is 0 Å². The molecule has 1 aliphatic rings. The topological polar surface area (TPSA) is 67.4 Å². The number of aryl methyl sites for hydroxylation is 1. The van der Waals surface area contributed by atoms with Crippen LogP contribution in [-0.4, -0.2) is 42.2 Å². The summed E-state index contributed by atoms with van der Waals surface area (Å²) >= 11 is 3.44. The molecule has 1 N–H and O–H groups in total. The molecule has 0 spiro atoms. The number of carbonyl (C=O) groups excluding carboxylic acids is 1. The molecule has 0 atom stereocenters. The van der Waals surface area contributed by atoms with Crippen LogP contribution in [0.25, 0.3) is 0 Å². The minimum absolute atomic E-state index is 0.282. The van der Waals surface area contributed by atoms with Gasteiger partial charge < -0.3 is 15.0 Å². The van der Waals surface area contributed by atoms with Gasteiger partial charge in [0.25, 0.3) is 5.91 Å². The zero-order valence-corrected chi connectivity index (χ0v) is 14.3. The number of nitrogens with one attached hydrogen (secondary N) is 1. The first-order valence-corrected chi connectivity index (χ1v) is 8.15. The summed E-state index contributed by atoms with van der Waals surface area (Å²) in [7, 11) is 0. The van der Waals surface area contributed by atoms with Crippen LogP contribution < -0.4 is 10.2 Å². The average molecular weight is 377 g/mol. The van der Waals surface area contributed by atoms with Crippen molar-refractivity contribution < 1.29 is 9.53 Å². The second-order valence-electron chi connectivity index (χ2n) is 5.30. The van der Waals surface area contributed by atoms with Crippen molar-refractivity contribution in [2.75, 3.05) is 36.5 Å². The second kappa shape index (κ2) is 7.06. The number of ether oxygens (including phenoxy) is 1. The Balaban J connectivity index is 1.69. The fourth-order valence-electron chi connectivity index (χ4n) is 2.30.